The maximum Gasteiger partial charge on any atom is 0.323 e. The van der Waals surface area contributed by atoms with Crippen LogP contribution in [0, 0.1) is 0 Å². The average molecular weight is 199 g/mol. The second kappa shape index (κ2) is 3.54. The zero-order chi connectivity index (χ0) is 11.0. The topological polar surface area (TPSA) is 38.3 Å². The molecule has 1 aliphatic rings. The third kappa shape index (κ3) is 3.66. The van der Waals surface area contributed by atoms with Crippen molar-refractivity contribution in [3.05, 3.63) is 0 Å². The first kappa shape index (κ1) is 11.5. The molecule has 1 unspecified atom stereocenters. The Bertz CT molecular complexity index is 226. The molecule has 1 atom stereocenters. The molecule has 1 N–H and O–H groups in total. The van der Waals surface area contributed by atoms with Crippen LogP contribution < -0.4 is 5.32 Å². The van der Waals surface area contributed by atoms with E-state index < -0.39 is 5.60 Å². The molecule has 0 bridgehead atoms. The van der Waals surface area contributed by atoms with E-state index in [9.17, 15) is 4.79 Å². The molecule has 3 nitrogen and oxygen atoms in total. The predicted molar refractivity (Wildman–Crippen MR) is 56.1 cm³/mol. The predicted octanol–water partition coefficient (Wildman–Crippen LogP) is 1.86. The summed E-state index contributed by atoms with van der Waals surface area (Å²) in [6.07, 6.45) is 2.31. The minimum absolute atomic E-state index is 0.161. The number of esters is 1. The fraction of sp³-hybridized carbons (Fsp3) is 0.909. The van der Waals surface area contributed by atoms with Crippen LogP contribution in [-0.4, -0.2) is 23.2 Å². The van der Waals surface area contributed by atoms with Crippen molar-refractivity contribution in [2.45, 2.75) is 64.6 Å². The highest BCUT2D eigenvalue weighted by Gasteiger charge is 2.39. The number of nitrogens with one attached hydrogen (secondary N) is 1. The molecule has 1 aliphatic carbocycles. The largest absolute Gasteiger partial charge is 0.459 e. The van der Waals surface area contributed by atoms with Crippen LogP contribution in [0.3, 0.4) is 0 Å². The van der Waals surface area contributed by atoms with Crippen molar-refractivity contribution in [2.24, 2.45) is 0 Å². The van der Waals surface area contributed by atoms with E-state index in [4.69, 9.17) is 4.74 Å². The van der Waals surface area contributed by atoms with Gasteiger partial charge in [0.25, 0.3) is 0 Å². The second-order valence-electron chi connectivity index (χ2n) is 5.46. The van der Waals surface area contributed by atoms with Crippen LogP contribution in [0.1, 0.15) is 47.5 Å². The average Bonchev–Trinajstić information content (AvgIpc) is 2.63. The van der Waals surface area contributed by atoms with Crippen LogP contribution in [0.25, 0.3) is 0 Å². The molecule has 0 saturated heterocycles. The molecule has 0 heterocycles. The van der Waals surface area contributed by atoms with Crippen molar-refractivity contribution < 1.29 is 9.53 Å². The Labute approximate surface area is 86.2 Å². The molecule has 1 fully saturated rings. The first-order valence-electron chi connectivity index (χ1n) is 5.22. The lowest BCUT2D eigenvalue weighted by atomic mass is 10.2. The summed E-state index contributed by atoms with van der Waals surface area (Å²) in [4.78, 5) is 11.6. The Morgan fingerprint density at radius 3 is 2.29 bits per heavy atom. The van der Waals surface area contributed by atoms with Crippen molar-refractivity contribution >= 4 is 5.97 Å². The minimum Gasteiger partial charge on any atom is -0.459 e. The summed E-state index contributed by atoms with van der Waals surface area (Å²) in [5.74, 6) is -0.161. The van der Waals surface area contributed by atoms with Gasteiger partial charge in [-0.2, -0.15) is 0 Å². The van der Waals surface area contributed by atoms with Crippen LogP contribution >= 0.6 is 0 Å². The maximum atomic E-state index is 11.6. The Hall–Kier alpha value is -0.570. The van der Waals surface area contributed by atoms with E-state index in [1.54, 1.807) is 0 Å². The fourth-order valence-electron chi connectivity index (χ4n) is 1.30. The normalized spacial score (nSPS) is 21.5. The van der Waals surface area contributed by atoms with Gasteiger partial charge in [-0.05, 0) is 47.5 Å². The summed E-state index contributed by atoms with van der Waals surface area (Å²) in [6.45, 7) is 9.65. The lowest BCUT2D eigenvalue weighted by molar-refractivity contribution is -0.157. The number of carbonyl (C=O) groups excluding carboxylic acids is 1. The molecule has 82 valence electrons. The van der Waals surface area contributed by atoms with Gasteiger partial charge in [-0.15, -0.1) is 0 Å². The summed E-state index contributed by atoms with van der Waals surface area (Å²) in [5.41, 5.74) is -0.214. The van der Waals surface area contributed by atoms with E-state index in [-0.39, 0.29) is 17.6 Å². The third-order valence-electron chi connectivity index (χ3n) is 2.33. The molecule has 0 aromatic rings. The summed E-state index contributed by atoms with van der Waals surface area (Å²) < 4.78 is 5.27. The zero-order valence-corrected chi connectivity index (χ0v) is 9.81. The molecule has 1 saturated carbocycles. The summed E-state index contributed by atoms with van der Waals surface area (Å²) >= 11 is 0. The van der Waals surface area contributed by atoms with Gasteiger partial charge in [0.1, 0.15) is 11.6 Å². The van der Waals surface area contributed by atoms with Crippen LogP contribution in [0.5, 0.6) is 0 Å². The molecule has 0 aromatic carbocycles. The summed E-state index contributed by atoms with van der Waals surface area (Å²) in [5, 5.41) is 3.28. The Balaban J connectivity index is 2.37. The SMILES string of the molecule is CC(NC1(C)CC1)C(=O)OC(C)(C)C. The van der Waals surface area contributed by atoms with E-state index in [0.717, 1.165) is 12.8 Å². The molecule has 0 aliphatic heterocycles. The van der Waals surface area contributed by atoms with Crippen molar-refractivity contribution in [1.82, 2.24) is 5.32 Å². The Morgan fingerprint density at radius 1 is 1.43 bits per heavy atom. The maximum absolute atomic E-state index is 11.6. The van der Waals surface area contributed by atoms with Gasteiger partial charge in [-0.25, -0.2) is 0 Å². The molecule has 14 heavy (non-hydrogen) atoms. The van der Waals surface area contributed by atoms with E-state index in [0.29, 0.717) is 0 Å². The van der Waals surface area contributed by atoms with Crippen LogP contribution in [0.4, 0.5) is 0 Å². The first-order valence-corrected chi connectivity index (χ1v) is 5.22. The van der Waals surface area contributed by atoms with E-state index in [1.807, 2.05) is 27.7 Å². The highest BCUT2D eigenvalue weighted by atomic mass is 16.6. The molecule has 3 heteroatoms. The standard InChI is InChI=1S/C11H21NO2/c1-8(12-11(5)6-7-11)9(13)14-10(2,3)4/h8,12H,6-7H2,1-5H3. The fourth-order valence-corrected chi connectivity index (χ4v) is 1.30. The first-order chi connectivity index (χ1) is 6.22. The van der Waals surface area contributed by atoms with Crippen molar-refractivity contribution in [2.75, 3.05) is 0 Å². The lowest BCUT2D eigenvalue weighted by Crippen LogP contribution is -2.44. The van der Waals surface area contributed by atoms with Gasteiger partial charge in [-0.1, -0.05) is 0 Å². The second-order valence-corrected chi connectivity index (χ2v) is 5.46. The molecular weight excluding hydrogens is 178 g/mol. The van der Waals surface area contributed by atoms with Gasteiger partial charge in [0.15, 0.2) is 0 Å². The number of carbonyl (C=O) groups is 1. The molecule has 0 amide bonds. The van der Waals surface area contributed by atoms with E-state index in [1.165, 1.54) is 0 Å². The highest BCUT2D eigenvalue weighted by Crippen LogP contribution is 2.34. The number of rotatable bonds is 3. The minimum atomic E-state index is -0.391. The summed E-state index contributed by atoms with van der Waals surface area (Å²) in [7, 11) is 0. The van der Waals surface area contributed by atoms with Gasteiger partial charge in [0.05, 0.1) is 0 Å². The van der Waals surface area contributed by atoms with Crippen LogP contribution in [0.15, 0.2) is 0 Å². The van der Waals surface area contributed by atoms with Gasteiger partial charge >= 0.3 is 5.97 Å². The van der Waals surface area contributed by atoms with Gasteiger partial charge < -0.3 is 4.74 Å². The Morgan fingerprint density at radius 2 is 1.93 bits per heavy atom. The number of hydrogen-bond acceptors (Lipinski definition) is 3. The highest BCUT2D eigenvalue weighted by molar-refractivity contribution is 5.75. The van der Waals surface area contributed by atoms with Gasteiger partial charge in [0.2, 0.25) is 0 Å². The van der Waals surface area contributed by atoms with Crippen molar-refractivity contribution in [1.29, 1.82) is 0 Å². The number of hydrogen-bond donors (Lipinski definition) is 1. The smallest absolute Gasteiger partial charge is 0.323 e. The van der Waals surface area contributed by atoms with Crippen molar-refractivity contribution in [3.8, 4) is 0 Å². The summed E-state index contributed by atoms with van der Waals surface area (Å²) in [6, 6.07) is -0.207. The van der Waals surface area contributed by atoms with E-state index >= 15 is 0 Å². The monoisotopic (exact) mass is 199 g/mol. The molecule has 0 radical (unpaired) electrons. The molecule has 1 rings (SSSR count). The number of ether oxygens (including phenoxy) is 1. The van der Waals surface area contributed by atoms with Gasteiger partial charge in [-0.3, -0.25) is 10.1 Å². The van der Waals surface area contributed by atoms with E-state index in [2.05, 4.69) is 12.2 Å². The molecule has 0 spiro atoms. The molecule has 0 aromatic heterocycles. The molecular formula is C11H21NO2. The van der Waals surface area contributed by atoms with Crippen LogP contribution in [-0.2, 0) is 9.53 Å². The van der Waals surface area contributed by atoms with Crippen molar-refractivity contribution in [3.63, 3.8) is 0 Å². The van der Waals surface area contributed by atoms with Gasteiger partial charge in [0, 0.05) is 5.54 Å². The van der Waals surface area contributed by atoms with Crippen LogP contribution in [0.2, 0.25) is 0 Å². The zero-order valence-electron chi connectivity index (χ0n) is 9.81. The quantitative estimate of drug-likeness (QED) is 0.705. The lowest BCUT2D eigenvalue weighted by Gasteiger charge is -2.24. The third-order valence-corrected chi connectivity index (χ3v) is 2.33. The Kier molecular flexibility index (Phi) is 2.91.